The minimum absolute atomic E-state index is 0.0135. The van der Waals surface area contributed by atoms with Gasteiger partial charge in [-0.1, -0.05) is 30.1 Å². The highest BCUT2D eigenvalue weighted by molar-refractivity contribution is 6.34. The van der Waals surface area contributed by atoms with Crippen molar-refractivity contribution in [2.24, 2.45) is 5.92 Å². The van der Waals surface area contributed by atoms with Crippen LogP contribution >= 0.6 is 23.2 Å². The fourth-order valence-corrected chi connectivity index (χ4v) is 6.45. The van der Waals surface area contributed by atoms with Crippen molar-refractivity contribution in [1.29, 1.82) is 0 Å². The average Bonchev–Trinajstić information content (AvgIpc) is 3.36. The molecular weight excluding hydrogens is 615 g/mol. The van der Waals surface area contributed by atoms with Crippen molar-refractivity contribution in [3.63, 3.8) is 0 Å². The van der Waals surface area contributed by atoms with Gasteiger partial charge in [0.25, 0.3) is 0 Å². The normalized spacial score (nSPS) is 18.5. The van der Waals surface area contributed by atoms with E-state index in [2.05, 4.69) is 40.7 Å². The number of carbonyl (C=O) groups is 1. The van der Waals surface area contributed by atoms with Gasteiger partial charge in [-0.2, -0.15) is 0 Å². The third-order valence-electron chi connectivity index (χ3n) is 8.80. The van der Waals surface area contributed by atoms with E-state index in [4.69, 9.17) is 37.7 Å². The first kappa shape index (κ1) is 31.1. The number of ether oxygens (including phenoxy) is 2. The van der Waals surface area contributed by atoms with Gasteiger partial charge in [0.05, 0.1) is 40.8 Å². The summed E-state index contributed by atoms with van der Waals surface area (Å²) < 4.78 is 13.1. The number of nitrogens with zero attached hydrogens (tertiary/aromatic N) is 6. The first-order chi connectivity index (χ1) is 21.7. The predicted molar refractivity (Wildman–Crippen MR) is 178 cm³/mol. The quantitative estimate of drug-likeness (QED) is 0.224. The van der Waals surface area contributed by atoms with Crippen molar-refractivity contribution in [2.75, 3.05) is 56.7 Å². The highest BCUT2D eigenvalue weighted by Gasteiger charge is 2.34. The number of anilines is 2. The zero-order chi connectivity index (χ0) is 31.8. The van der Waals surface area contributed by atoms with Crippen LogP contribution in [0.15, 0.2) is 59.8 Å². The van der Waals surface area contributed by atoms with E-state index in [0.29, 0.717) is 51.1 Å². The van der Waals surface area contributed by atoms with Gasteiger partial charge in [-0.25, -0.2) is 14.8 Å². The molecule has 2 aliphatic heterocycles. The minimum Gasteiger partial charge on any atom is -0.474 e. The van der Waals surface area contributed by atoms with E-state index in [-0.39, 0.29) is 18.2 Å². The van der Waals surface area contributed by atoms with Gasteiger partial charge in [-0.05, 0) is 69.8 Å². The second kappa shape index (κ2) is 12.9. The van der Waals surface area contributed by atoms with E-state index in [1.54, 1.807) is 43.7 Å². The maximum absolute atomic E-state index is 13.6. The van der Waals surface area contributed by atoms with Gasteiger partial charge in [0, 0.05) is 43.5 Å². The molecule has 236 valence electrons. The molecule has 10 nitrogen and oxygen atoms in total. The van der Waals surface area contributed by atoms with Gasteiger partial charge in [0.1, 0.15) is 23.0 Å². The molecule has 0 saturated carbocycles. The van der Waals surface area contributed by atoms with Crippen LogP contribution in [0, 0.1) is 5.92 Å². The molecule has 0 N–H and O–H groups in total. The summed E-state index contributed by atoms with van der Waals surface area (Å²) in [6, 6.07) is 11.5. The molecule has 0 spiro atoms. The zero-order valence-corrected chi connectivity index (χ0v) is 27.3. The van der Waals surface area contributed by atoms with Crippen molar-refractivity contribution in [3.05, 3.63) is 80.8 Å². The lowest BCUT2D eigenvalue weighted by atomic mass is 10.0. The van der Waals surface area contributed by atoms with E-state index in [9.17, 15) is 9.59 Å². The van der Waals surface area contributed by atoms with Crippen LogP contribution in [0.1, 0.15) is 30.6 Å². The van der Waals surface area contributed by atoms with Crippen LogP contribution in [-0.2, 0) is 4.74 Å². The maximum atomic E-state index is 13.6. The molecule has 2 aliphatic rings. The first-order valence-electron chi connectivity index (χ1n) is 15.1. The van der Waals surface area contributed by atoms with Gasteiger partial charge >= 0.3 is 5.97 Å². The van der Waals surface area contributed by atoms with Crippen LogP contribution in [0.5, 0.6) is 5.88 Å². The molecule has 3 aromatic heterocycles. The smallest absolute Gasteiger partial charge is 0.343 e. The Hall–Kier alpha value is -3.86. The van der Waals surface area contributed by atoms with Crippen LogP contribution in [0.25, 0.3) is 16.6 Å². The summed E-state index contributed by atoms with van der Waals surface area (Å²) in [5.74, 6) is 0.878. The predicted octanol–water partition coefficient (Wildman–Crippen LogP) is 5.31. The van der Waals surface area contributed by atoms with E-state index < -0.39 is 11.4 Å². The third-order valence-corrected chi connectivity index (χ3v) is 9.39. The van der Waals surface area contributed by atoms with Crippen molar-refractivity contribution in [3.8, 4) is 11.6 Å². The van der Waals surface area contributed by atoms with Gasteiger partial charge in [-0.15, -0.1) is 0 Å². The highest BCUT2D eigenvalue weighted by atomic mass is 35.5. The number of fused-ring (bicyclic) bond motifs is 1. The number of hydrogen-bond acceptors (Lipinski definition) is 9. The molecule has 1 aromatic carbocycles. The highest BCUT2D eigenvalue weighted by Crippen LogP contribution is 2.38. The number of pyridine rings is 3. The Bertz CT molecular complexity index is 1770. The number of halogens is 2. The maximum Gasteiger partial charge on any atom is 0.343 e. The molecule has 5 heterocycles. The first-order valence-corrected chi connectivity index (χ1v) is 15.9. The molecule has 4 aromatic rings. The van der Waals surface area contributed by atoms with E-state index >= 15 is 0 Å². The number of esters is 1. The van der Waals surface area contributed by atoms with E-state index in [0.717, 1.165) is 37.6 Å². The molecule has 0 bridgehead atoms. The molecule has 2 saturated heterocycles. The Kier molecular flexibility index (Phi) is 8.90. The fraction of sp³-hybridized carbons (Fsp3) is 0.394. The van der Waals surface area contributed by atoms with Crippen LogP contribution < -0.4 is 20.0 Å². The molecule has 0 amide bonds. The topological polar surface area (TPSA) is 93.0 Å². The molecule has 2 atom stereocenters. The summed E-state index contributed by atoms with van der Waals surface area (Å²) in [4.78, 5) is 42.2. The van der Waals surface area contributed by atoms with Crippen molar-refractivity contribution < 1.29 is 14.3 Å². The summed E-state index contributed by atoms with van der Waals surface area (Å²) in [5.41, 5.74) is 1.57. The number of carbonyl (C=O) groups excluding carboxylic acids is 1. The Balaban J connectivity index is 1.40. The lowest BCUT2D eigenvalue weighted by Crippen LogP contribution is -2.57. The second-order valence-electron chi connectivity index (χ2n) is 11.8. The molecule has 45 heavy (non-hydrogen) atoms. The Labute approximate surface area is 272 Å². The van der Waals surface area contributed by atoms with Crippen molar-refractivity contribution >= 4 is 51.6 Å². The largest absolute Gasteiger partial charge is 0.474 e. The Morgan fingerprint density at radius 1 is 1.11 bits per heavy atom. The average molecular weight is 652 g/mol. The SMILES string of the molecule is CCOC(=O)c1cn(-c2ccc(N3CC(N(C)C)C3)nc2)c2cc(N3CC[C@H](C)[C@@H]3COc3ncccc3Cl)c(Cl)cc2c1=O. The summed E-state index contributed by atoms with van der Waals surface area (Å²) >= 11 is 13.2. The molecule has 2 fully saturated rings. The molecular formula is C33H36Cl2N6O4. The van der Waals surface area contributed by atoms with Crippen molar-refractivity contribution in [1.82, 2.24) is 19.4 Å². The minimum atomic E-state index is -0.683. The lowest BCUT2D eigenvalue weighted by molar-refractivity contribution is 0.0524. The Morgan fingerprint density at radius 3 is 2.60 bits per heavy atom. The van der Waals surface area contributed by atoms with E-state index in [1.807, 2.05) is 22.8 Å². The summed E-state index contributed by atoms with van der Waals surface area (Å²) in [5, 5.41) is 1.17. The lowest BCUT2D eigenvalue weighted by Gasteiger charge is -2.43. The summed E-state index contributed by atoms with van der Waals surface area (Å²) in [7, 11) is 4.16. The standard InChI is InChI=1S/C33H36Cl2N6O4/c1-5-44-33(43)24-18-41(21-8-9-30(37-15-21)39-16-22(17-39)38(3)4)27-14-28(26(35)13-23(27)31(24)42)40-12-10-20(2)29(40)19-45-32-25(34)7-6-11-36-32/h6-9,11,13-15,18,20,22,29H,5,10,12,16-17,19H2,1-4H3/t20-,29-/m0/s1. The van der Waals surface area contributed by atoms with E-state index in [1.165, 1.54) is 0 Å². The van der Waals surface area contributed by atoms with Crippen LogP contribution in [0.4, 0.5) is 11.5 Å². The van der Waals surface area contributed by atoms with Crippen LogP contribution in [0.2, 0.25) is 10.0 Å². The zero-order valence-electron chi connectivity index (χ0n) is 25.7. The molecule has 0 unspecified atom stereocenters. The summed E-state index contributed by atoms with van der Waals surface area (Å²) in [6.07, 6.45) is 5.88. The number of rotatable bonds is 9. The fourth-order valence-electron chi connectivity index (χ4n) is 6.00. The number of likely N-dealkylation sites (N-methyl/N-ethyl adjacent to an activating group) is 1. The molecule has 12 heteroatoms. The number of benzene rings is 1. The van der Waals surface area contributed by atoms with Gasteiger partial charge < -0.3 is 28.7 Å². The van der Waals surface area contributed by atoms with Crippen molar-refractivity contribution in [2.45, 2.75) is 32.4 Å². The molecule has 6 rings (SSSR count). The molecule has 0 radical (unpaired) electrons. The van der Waals surface area contributed by atoms with Gasteiger partial charge in [-0.3, -0.25) is 4.79 Å². The van der Waals surface area contributed by atoms with Gasteiger partial charge in [0.15, 0.2) is 0 Å². The Morgan fingerprint density at radius 2 is 1.91 bits per heavy atom. The van der Waals surface area contributed by atoms with Crippen LogP contribution in [-0.4, -0.2) is 84.4 Å². The molecule has 0 aliphatic carbocycles. The summed E-state index contributed by atoms with van der Waals surface area (Å²) in [6.45, 7) is 6.95. The monoisotopic (exact) mass is 650 g/mol. The van der Waals surface area contributed by atoms with Crippen LogP contribution in [0.3, 0.4) is 0 Å². The number of aromatic nitrogens is 3. The third kappa shape index (κ3) is 6.06. The number of hydrogen-bond donors (Lipinski definition) is 0. The van der Waals surface area contributed by atoms with Gasteiger partial charge in [0.2, 0.25) is 11.3 Å². The second-order valence-corrected chi connectivity index (χ2v) is 12.6.